The molecule has 0 unspecified atom stereocenters. The molecule has 8 nitrogen and oxygen atoms in total. The molecule has 2 aliphatic rings. The highest BCUT2D eigenvalue weighted by atomic mass is 16.4. The average Bonchev–Trinajstić information content (AvgIpc) is 2.94. The van der Waals surface area contributed by atoms with Gasteiger partial charge in [-0.1, -0.05) is 19.1 Å². The summed E-state index contributed by atoms with van der Waals surface area (Å²) in [6.07, 6.45) is 2.44. The minimum Gasteiger partial charge on any atom is -0.476 e. The zero-order valence-electron chi connectivity index (χ0n) is 12.2. The first kappa shape index (κ1) is 13.8. The molecule has 0 saturated carbocycles. The maximum Gasteiger partial charge on any atom is 0.358 e. The van der Waals surface area contributed by atoms with Gasteiger partial charge in [-0.25, -0.2) is 14.3 Å². The monoisotopic (exact) mass is 293 g/mol. The summed E-state index contributed by atoms with van der Waals surface area (Å²) >= 11 is 0. The summed E-state index contributed by atoms with van der Waals surface area (Å²) in [6.45, 7) is 7.04. The van der Waals surface area contributed by atoms with Crippen LogP contribution in [0.4, 0.5) is 4.79 Å². The zero-order valence-corrected chi connectivity index (χ0v) is 12.2. The van der Waals surface area contributed by atoms with Crippen LogP contribution in [0.5, 0.6) is 0 Å². The number of nitrogens with zero attached hydrogens (tertiary/aromatic N) is 5. The summed E-state index contributed by atoms with van der Waals surface area (Å²) in [5, 5.41) is 16.2. The number of rotatable bonds is 2. The number of hydrogen-bond donors (Lipinski definition) is 1. The van der Waals surface area contributed by atoms with Gasteiger partial charge in [0.1, 0.15) is 0 Å². The second-order valence-electron chi connectivity index (χ2n) is 6.57. The van der Waals surface area contributed by atoms with Crippen molar-refractivity contribution < 1.29 is 14.7 Å². The van der Waals surface area contributed by atoms with E-state index >= 15 is 0 Å². The fraction of sp³-hybridized carbons (Fsp3) is 0.692. The van der Waals surface area contributed by atoms with Crippen LogP contribution in [-0.4, -0.2) is 68.1 Å². The number of aromatic nitrogens is 3. The second-order valence-corrected chi connectivity index (χ2v) is 6.57. The number of carboxylic acid groups (broad SMARTS) is 1. The molecule has 2 aliphatic heterocycles. The van der Waals surface area contributed by atoms with E-state index in [0.717, 1.165) is 19.5 Å². The Hall–Kier alpha value is -2.12. The Labute approximate surface area is 122 Å². The number of hydrogen-bond acceptors (Lipinski definition) is 4. The van der Waals surface area contributed by atoms with E-state index in [1.807, 2.05) is 4.90 Å². The lowest BCUT2D eigenvalue weighted by molar-refractivity contribution is 0.0689. The first-order valence-corrected chi connectivity index (χ1v) is 7.05. The summed E-state index contributed by atoms with van der Waals surface area (Å²) in [5.74, 6) is -1.09. The van der Waals surface area contributed by atoms with Gasteiger partial charge in [-0.2, -0.15) is 0 Å². The van der Waals surface area contributed by atoms with Gasteiger partial charge in [-0.05, 0) is 11.8 Å². The normalized spacial score (nSPS) is 21.4. The summed E-state index contributed by atoms with van der Waals surface area (Å²) in [7, 11) is 0. The molecule has 114 valence electrons. The van der Waals surface area contributed by atoms with Crippen molar-refractivity contribution in [3.8, 4) is 0 Å². The Bertz CT molecular complexity index is 576. The molecule has 2 fully saturated rings. The number of aromatic carboxylic acids is 1. The van der Waals surface area contributed by atoms with Crippen LogP contribution in [0.2, 0.25) is 0 Å². The Balaban J connectivity index is 1.55. The van der Waals surface area contributed by atoms with E-state index in [0.29, 0.717) is 13.1 Å². The molecule has 0 aromatic carbocycles. The number of likely N-dealkylation sites (tertiary alicyclic amines) is 2. The third-order valence-corrected chi connectivity index (χ3v) is 4.18. The van der Waals surface area contributed by atoms with Gasteiger partial charge in [0.25, 0.3) is 0 Å². The summed E-state index contributed by atoms with van der Waals surface area (Å²) < 4.78 is 1.53. The van der Waals surface area contributed by atoms with Crippen LogP contribution in [0.25, 0.3) is 0 Å². The van der Waals surface area contributed by atoms with Crippen molar-refractivity contribution in [2.45, 2.75) is 26.3 Å². The minimum atomic E-state index is -1.09. The Morgan fingerprint density at radius 2 is 2.05 bits per heavy atom. The molecule has 0 atom stereocenters. The summed E-state index contributed by atoms with van der Waals surface area (Å²) in [4.78, 5) is 26.7. The lowest BCUT2D eigenvalue weighted by Gasteiger charge is -2.40. The van der Waals surface area contributed by atoms with E-state index in [2.05, 4.69) is 24.2 Å². The van der Waals surface area contributed by atoms with Crippen molar-refractivity contribution in [1.82, 2.24) is 24.8 Å². The Kier molecular flexibility index (Phi) is 3.11. The van der Waals surface area contributed by atoms with Crippen LogP contribution < -0.4 is 0 Å². The van der Waals surface area contributed by atoms with Crippen molar-refractivity contribution in [3.05, 3.63) is 11.9 Å². The predicted octanol–water partition coefficient (Wildman–Crippen LogP) is 0.685. The smallest absolute Gasteiger partial charge is 0.358 e. The SMILES string of the molecule is CC1(C)CCN(C(=O)N2CC(n3cc(C(=O)O)nn3)C2)C1. The molecule has 0 aliphatic carbocycles. The van der Waals surface area contributed by atoms with Gasteiger partial charge in [0.05, 0.1) is 12.2 Å². The fourth-order valence-corrected chi connectivity index (χ4v) is 2.81. The molecule has 21 heavy (non-hydrogen) atoms. The molecule has 0 radical (unpaired) electrons. The molecular weight excluding hydrogens is 274 g/mol. The Morgan fingerprint density at radius 1 is 1.33 bits per heavy atom. The molecule has 3 heterocycles. The van der Waals surface area contributed by atoms with Gasteiger partial charge in [0.15, 0.2) is 5.69 Å². The van der Waals surface area contributed by atoms with Crippen molar-refractivity contribution >= 4 is 12.0 Å². The summed E-state index contributed by atoms with van der Waals surface area (Å²) in [6, 6.07) is 0.0839. The standard InChI is InChI=1S/C13H19N5O3/c1-13(2)3-4-16(8-13)12(21)17-5-9(6-17)18-7-10(11(19)20)14-15-18/h7,9H,3-6,8H2,1-2H3,(H,19,20). The minimum absolute atomic E-state index is 0.0187. The second kappa shape index (κ2) is 4.71. The van der Waals surface area contributed by atoms with E-state index in [1.54, 1.807) is 4.90 Å². The number of carboxylic acids is 1. The third kappa shape index (κ3) is 2.57. The molecule has 8 heteroatoms. The van der Waals surface area contributed by atoms with Gasteiger partial charge in [0.2, 0.25) is 0 Å². The first-order chi connectivity index (χ1) is 9.85. The molecule has 1 aromatic heterocycles. The number of urea groups is 1. The molecule has 2 amide bonds. The van der Waals surface area contributed by atoms with Gasteiger partial charge < -0.3 is 14.9 Å². The number of amides is 2. The van der Waals surface area contributed by atoms with E-state index in [4.69, 9.17) is 5.11 Å². The van der Waals surface area contributed by atoms with Crippen LogP contribution in [0.15, 0.2) is 6.20 Å². The molecule has 3 rings (SSSR count). The van der Waals surface area contributed by atoms with Gasteiger partial charge in [-0.15, -0.1) is 5.10 Å². The lowest BCUT2D eigenvalue weighted by atomic mass is 9.93. The van der Waals surface area contributed by atoms with Crippen LogP contribution in [-0.2, 0) is 0 Å². The van der Waals surface area contributed by atoms with Crippen LogP contribution in [0, 0.1) is 5.41 Å². The largest absolute Gasteiger partial charge is 0.476 e. The van der Waals surface area contributed by atoms with E-state index in [-0.39, 0.29) is 23.2 Å². The number of carbonyl (C=O) groups excluding carboxylic acids is 1. The molecular formula is C13H19N5O3. The van der Waals surface area contributed by atoms with Gasteiger partial charge in [0, 0.05) is 26.2 Å². The third-order valence-electron chi connectivity index (χ3n) is 4.18. The van der Waals surface area contributed by atoms with E-state index in [9.17, 15) is 9.59 Å². The highest BCUT2D eigenvalue weighted by Crippen LogP contribution is 2.31. The van der Waals surface area contributed by atoms with Crippen LogP contribution >= 0.6 is 0 Å². The molecule has 0 spiro atoms. The topological polar surface area (TPSA) is 91.6 Å². The van der Waals surface area contributed by atoms with Crippen LogP contribution in [0.3, 0.4) is 0 Å². The van der Waals surface area contributed by atoms with Gasteiger partial charge >= 0.3 is 12.0 Å². The van der Waals surface area contributed by atoms with Crippen molar-refractivity contribution in [3.63, 3.8) is 0 Å². The maximum atomic E-state index is 12.3. The zero-order chi connectivity index (χ0) is 15.2. The lowest BCUT2D eigenvalue weighted by Crippen LogP contribution is -2.55. The van der Waals surface area contributed by atoms with Gasteiger partial charge in [-0.3, -0.25) is 0 Å². The summed E-state index contributed by atoms with van der Waals surface area (Å²) in [5.41, 5.74) is 0.128. The fourth-order valence-electron chi connectivity index (χ4n) is 2.81. The molecule has 2 saturated heterocycles. The van der Waals surface area contributed by atoms with Crippen molar-refractivity contribution in [1.29, 1.82) is 0 Å². The van der Waals surface area contributed by atoms with E-state index < -0.39 is 5.97 Å². The highest BCUT2D eigenvalue weighted by Gasteiger charge is 2.39. The molecule has 1 N–H and O–H groups in total. The average molecular weight is 293 g/mol. The predicted molar refractivity (Wildman–Crippen MR) is 73.0 cm³/mol. The molecule has 0 bridgehead atoms. The maximum absolute atomic E-state index is 12.3. The number of carbonyl (C=O) groups is 2. The quantitative estimate of drug-likeness (QED) is 0.866. The van der Waals surface area contributed by atoms with Crippen molar-refractivity contribution in [2.24, 2.45) is 5.41 Å². The highest BCUT2D eigenvalue weighted by molar-refractivity contribution is 5.84. The molecule has 1 aromatic rings. The first-order valence-electron chi connectivity index (χ1n) is 7.05. The van der Waals surface area contributed by atoms with Crippen LogP contribution in [0.1, 0.15) is 36.8 Å². The van der Waals surface area contributed by atoms with E-state index in [1.165, 1.54) is 10.9 Å². The van der Waals surface area contributed by atoms with Crippen molar-refractivity contribution in [2.75, 3.05) is 26.2 Å². The Morgan fingerprint density at radius 3 is 2.57 bits per heavy atom.